The van der Waals surface area contributed by atoms with Crippen molar-refractivity contribution in [2.75, 3.05) is 12.3 Å². The maximum atomic E-state index is 13.9. The molecule has 3 atom stereocenters. The smallest absolute Gasteiger partial charge is 0.264 e. The van der Waals surface area contributed by atoms with Gasteiger partial charge in [-0.1, -0.05) is 93.1 Å². The molecule has 0 aliphatic rings. The van der Waals surface area contributed by atoms with Crippen LogP contribution in [0.1, 0.15) is 50.7 Å². The Morgan fingerprint density at radius 1 is 0.750 bits per heavy atom. The summed E-state index contributed by atoms with van der Waals surface area (Å²) in [5.41, 5.74) is 3.42. The molecular weight excluding hydrogens is 582 g/mol. The van der Waals surface area contributed by atoms with E-state index in [1.165, 1.54) is 0 Å². The first-order valence-corrected chi connectivity index (χ1v) is 16.6. The molecule has 3 aromatic rings. The molecule has 0 saturated carbocycles. The van der Waals surface area contributed by atoms with Gasteiger partial charge in [-0.2, -0.15) is 8.42 Å². The molecule has 0 aliphatic carbocycles. The number of unbranched alkanes of at least 4 members (excludes halogenated alkanes) is 2. The summed E-state index contributed by atoms with van der Waals surface area (Å²) in [4.78, 5) is 40.3. The minimum atomic E-state index is -4.03. The van der Waals surface area contributed by atoms with Gasteiger partial charge in [0.05, 0.1) is 17.6 Å². The van der Waals surface area contributed by atoms with Crippen LogP contribution >= 0.6 is 0 Å². The molecule has 0 aromatic heterocycles. The number of nitrogens with one attached hydrogen (secondary N) is 3. The molecule has 0 saturated heterocycles. The molecule has 0 bridgehead atoms. The van der Waals surface area contributed by atoms with Crippen molar-refractivity contribution in [2.45, 2.75) is 58.4 Å². The van der Waals surface area contributed by atoms with E-state index in [-0.39, 0.29) is 37.5 Å². The summed E-state index contributed by atoms with van der Waals surface area (Å²) in [6.45, 7) is 4.15. The molecule has 44 heavy (non-hydrogen) atoms. The summed E-state index contributed by atoms with van der Waals surface area (Å²) >= 11 is 0. The van der Waals surface area contributed by atoms with E-state index in [1.54, 1.807) is 5.48 Å². The Morgan fingerprint density at radius 2 is 1.43 bits per heavy atom. The van der Waals surface area contributed by atoms with Gasteiger partial charge in [-0.25, -0.2) is 5.48 Å². The van der Waals surface area contributed by atoms with E-state index in [4.69, 9.17) is 4.55 Å². The minimum absolute atomic E-state index is 0.0421. The molecule has 11 heteroatoms. The fraction of sp³-hybridized carbons (Fsp3) is 0.424. The van der Waals surface area contributed by atoms with Crippen LogP contribution in [0, 0.1) is 17.8 Å². The van der Waals surface area contributed by atoms with Gasteiger partial charge < -0.3 is 10.6 Å². The second-order valence-electron chi connectivity index (χ2n) is 11.6. The van der Waals surface area contributed by atoms with Gasteiger partial charge >= 0.3 is 0 Å². The molecule has 238 valence electrons. The van der Waals surface area contributed by atoms with Crippen molar-refractivity contribution in [1.29, 1.82) is 0 Å². The van der Waals surface area contributed by atoms with Crippen LogP contribution in [0.15, 0.2) is 72.8 Å². The zero-order valence-corrected chi connectivity index (χ0v) is 26.1. The molecule has 5 N–H and O–H groups in total. The zero-order valence-electron chi connectivity index (χ0n) is 25.2. The van der Waals surface area contributed by atoms with Gasteiger partial charge in [0, 0.05) is 13.0 Å². The fourth-order valence-electron chi connectivity index (χ4n) is 5.34. The van der Waals surface area contributed by atoms with E-state index in [0.29, 0.717) is 19.3 Å². The number of carbonyl (C=O) groups excluding carboxylic acids is 3. The Balaban J connectivity index is 1.79. The molecule has 0 spiro atoms. The van der Waals surface area contributed by atoms with E-state index >= 15 is 0 Å². The number of hydrogen-bond donors (Lipinski definition) is 5. The number of rotatable bonds is 17. The lowest BCUT2D eigenvalue weighted by atomic mass is 9.80. The van der Waals surface area contributed by atoms with Crippen molar-refractivity contribution in [2.24, 2.45) is 17.8 Å². The normalized spacial score (nSPS) is 13.7. The van der Waals surface area contributed by atoms with Gasteiger partial charge in [-0.3, -0.25) is 24.1 Å². The van der Waals surface area contributed by atoms with Crippen molar-refractivity contribution in [1.82, 2.24) is 16.1 Å². The van der Waals surface area contributed by atoms with Gasteiger partial charge in [0.15, 0.2) is 0 Å². The molecule has 3 amide bonds. The van der Waals surface area contributed by atoms with E-state index in [2.05, 4.69) is 10.6 Å². The van der Waals surface area contributed by atoms with Crippen molar-refractivity contribution in [3.63, 3.8) is 0 Å². The molecular formula is C33H43N3O7S. The Morgan fingerprint density at radius 3 is 2.09 bits per heavy atom. The zero-order chi connectivity index (χ0) is 32.1. The maximum absolute atomic E-state index is 13.9. The van der Waals surface area contributed by atoms with Crippen molar-refractivity contribution in [3.8, 4) is 0 Å². The summed E-state index contributed by atoms with van der Waals surface area (Å²) in [5.74, 6) is -3.57. The lowest BCUT2D eigenvalue weighted by molar-refractivity contribution is -0.141. The number of carbonyl (C=O) groups is 3. The van der Waals surface area contributed by atoms with E-state index in [0.717, 1.165) is 21.9 Å². The second kappa shape index (κ2) is 16.9. The summed E-state index contributed by atoms with van der Waals surface area (Å²) < 4.78 is 30.8. The van der Waals surface area contributed by atoms with Gasteiger partial charge in [-0.05, 0) is 53.5 Å². The molecule has 0 heterocycles. The van der Waals surface area contributed by atoms with Crippen LogP contribution in [0.4, 0.5) is 0 Å². The largest absolute Gasteiger partial charge is 0.354 e. The van der Waals surface area contributed by atoms with Gasteiger partial charge in [0.2, 0.25) is 17.7 Å². The Bertz CT molecular complexity index is 1500. The minimum Gasteiger partial charge on any atom is -0.354 e. The average Bonchev–Trinajstić information content (AvgIpc) is 2.99. The monoisotopic (exact) mass is 625 g/mol. The van der Waals surface area contributed by atoms with Gasteiger partial charge in [-0.15, -0.1) is 0 Å². The predicted octanol–water partition coefficient (Wildman–Crippen LogP) is 4.07. The first-order valence-electron chi connectivity index (χ1n) is 15.0. The third kappa shape index (κ3) is 11.4. The van der Waals surface area contributed by atoms with Crippen LogP contribution in [-0.4, -0.2) is 54.2 Å². The maximum Gasteiger partial charge on any atom is 0.264 e. The predicted molar refractivity (Wildman–Crippen MR) is 169 cm³/mol. The number of fused-ring (bicyclic) bond motifs is 1. The SMILES string of the molecule is CC(C)CC(C(=O)NC(Cc1ccccc1)C(=O)NCCCCCS(=O)(=O)O)C(Cc1ccc2ccccc2c1)C(=O)NO. The first-order chi connectivity index (χ1) is 21.0. The summed E-state index contributed by atoms with van der Waals surface area (Å²) in [7, 11) is -4.03. The van der Waals surface area contributed by atoms with E-state index in [9.17, 15) is 28.0 Å². The molecule has 10 nitrogen and oxygen atoms in total. The quantitative estimate of drug-likeness (QED) is 0.0654. The Labute approximate surface area is 259 Å². The number of benzene rings is 3. The average molecular weight is 626 g/mol. The third-order valence-corrected chi connectivity index (χ3v) is 8.36. The van der Waals surface area contributed by atoms with E-state index < -0.39 is 45.7 Å². The lowest BCUT2D eigenvalue weighted by Gasteiger charge is -2.28. The highest BCUT2D eigenvalue weighted by Crippen LogP contribution is 2.27. The molecule has 0 radical (unpaired) electrons. The molecule has 3 rings (SSSR count). The number of hydroxylamine groups is 1. The number of hydrogen-bond acceptors (Lipinski definition) is 6. The van der Waals surface area contributed by atoms with Gasteiger partial charge in [0.25, 0.3) is 10.1 Å². The number of amides is 3. The van der Waals surface area contributed by atoms with Crippen molar-refractivity contribution >= 4 is 38.6 Å². The van der Waals surface area contributed by atoms with Crippen LogP contribution in [-0.2, 0) is 37.3 Å². The summed E-state index contributed by atoms with van der Waals surface area (Å²) in [6, 6.07) is 22.0. The third-order valence-electron chi connectivity index (χ3n) is 7.56. The van der Waals surface area contributed by atoms with E-state index in [1.807, 2.05) is 86.6 Å². The van der Waals surface area contributed by atoms with Crippen LogP contribution in [0.5, 0.6) is 0 Å². The van der Waals surface area contributed by atoms with Crippen LogP contribution in [0.3, 0.4) is 0 Å². The lowest BCUT2D eigenvalue weighted by Crippen LogP contribution is -2.52. The topological polar surface area (TPSA) is 162 Å². The van der Waals surface area contributed by atoms with Crippen LogP contribution in [0.25, 0.3) is 10.8 Å². The first kappa shape index (κ1) is 34.7. The molecule has 0 fully saturated rings. The fourth-order valence-corrected chi connectivity index (χ4v) is 5.91. The highest BCUT2D eigenvalue weighted by atomic mass is 32.2. The highest BCUT2D eigenvalue weighted by molar-refractivity contribution is 7.85. The van der Waals surface area contributed by atoms with Crippen molar-refractivity contribution in [3.05, 3.63) is 83.9 Å². The summed E-state index contributed by atoms with van der Waals surface area (Å²) in [6.07, 6.45) is 2.02. The van der Waals surface area contributed by atoms with Crippen molar-refractivity contribution < 1.29 is 32.6 Å². The Hall–Kier alpha value is -3.80. The molecule has 3 aromatic carbocycles. The van der Waals surface area contributed by atoms with Crippen LogP contribution in [0.2, 0.25) is 0 Å². The van der Waals surface area contributed by atoms with Gasteiger partial charge in [0.1, 0.15) is 6.04 Å². The highest BCUT2D eigenvalue weighted by Gasteiger charge is 2.36. The second-order valence-corrected chi connectivity index (χ2v) is 13.2. The standard InChI is InChI=1S/C33H43N3O7S/c1-23(2)19-28(29(32(38)36-40)21-25-15-16-26-13-7-8-14-27(26)20-25)31(37)35-30(22-24-11-5-3-6-12-24)33(39)34-17-9-4-10-18-44(41,42)43/h3,5-8,11-16,20,23,28-30,40H,4,9-10,17-19,21-22H2,1-2H3,(H,34,39)(H,35,37)(H,36,38)(H,41,42,43). The van der Waals surface area contributed by atoms with Crippen LogP contribution < -0.4 is 16.1 Å². The summed E-state index contributed by atoms with van der Waals surface area (Å²) in [5, 5.41) is 17.4. The Kier molecular flexibility index (Phi) is 13.3. The molecule has 3 unspecified atom stereocenters. The molecule has 0 aliphatic heterocycles.